The summed E-state index contributed by atoms with van der Waals surface area (Å²) in [5.41, 5.74) is 0.767. The quantitative estimate of drug-likeness (QED) is 0.739. The van der Waals surface area contributed by atoms with Gasteiger partial charge in [0.05, 0.1) is 18.3 Å². The summed E-state index contributed by atoms with van der Waals surface area (Å²) in [6.07, 6.45) is 3.13. The zero-order chi connectivity index (χ0) is 12.4. The molecule has 1 aromatic heterocycles. The Morgan fingerprint density at radius 3 is 2.94 bits per heavy atom. The van der Waals surface area contributed by atoms with Crippen molar-refractivity contribution in [1.29, 1.82) is 0 Å². The second-order valence-corrected chi connectivity index (χ2v) is 4.77. The van der Waals surface area contributed by atoms with E-state index in [9.17, 15) is 4.79 Å². The third-order valence-electron chi connectivity index (χ3n) is 3.52. The lowest BCUT2D eigenvalue weighted by Crippen LogP contribution is -2.40. The number of aromatic nitrogens is 1. The first-order chi connectivity index (χ1) is 8.09. The molecule has 1 fully saturated rings. The highest BCUT2D eigenvalue weighted by Gasteiger charge is 2.29. The summed E-state index contributed by atoms with van der Waals surface area (Å²) in [5.74, 6) is 0.166. The van der Waals surface area contributed by atoms with Crippen molar-refractivity contribution in [2.75, 3.05) is 20.2 Å². The Morgan fingerprint density at radius 2 is 2.41 bits per heavy atom. The molecule has 1 aromatic rings. The number of likely N-dealkylation sites (N-methyl/N-ethyl adjacent to an activating group) is 1. The predicted molar refractivity (Wildman–Crippen MR) is 66.2 cm³/mol. The van der Waals surface area contributed by atoms with Crippen molar-refractivity contribution in [2.45, 2.75) is 25.5 Å². The number of nitrogens with zero attached hydrogens (tertiary/aromatic N) is 2. The maximum atomic E-state index is 12.1. The molecule has 0 aromatic carbocycles. The Hall–Kier alpha value is -1.13. The van der Waals surface area contributed by atoms with Gasteiger partial charge in [0.15, 0.2) is 5.78 Å². The zero-order valence-electron chi connectivity index (χ0n) is 10.7. The highest BCUT2D eigenvalue weighted by Crippen LogP contribution is 2.18. The maximum absolute atomic E-state index is 12.1. The number of rotatable bonds is 4. The molecular weight excluding hydrogens is 216 g/mol. The summed E-state index contributed by atoms with van der Waals surface area (Å²) in [5, 5.41) is 0. The largest absolute Gasteiger partial charge is 0.377 e. The lowest BCUT2D eigenvalue weighted by Gasteiger charge is -2.25. The van der Waals surface area contributed by atoms with Crippen molar-refractivity contribution in [3.63, 3.8) is 0 Å². The Kier molecular flexibility index (Phi) is 3.64. The molecule has 0 amide bonds. The van der Waals surface area contributed by atoms with Gasteiger partial charge in [0.25, 0.3) is 0 Å². The van der Waals surface area contributed by atoms with Gasteiger partial charge in [-0.3, -0.25) is 9.69 Å². The van der Waals surface area contributed by atoms with Crippen LogP contribution in [0.4, 0.5) is 0 Å². The number of aryl methyl sites for hydroxylation is 1. The molecule has 4 nitrogen and oxygen atoms in total. The van der Waals surface area contributed by atoms with E-state index < -0.39 is 0 Å². The van der Waals surface area contributed by atoms with Gasteiger partial charge in [-0.05, 0) is 32.5 Å². The molecule has 0 bridgehead atoms. The van der Waals surface area contributed by atoms with Crippen LogP contribution in [-0.2, 0) is 11.8 Å². The lowest BCUT2D eigenvalue weighted by atomic mass is 10.1. The number of Topliss-reactive ketones (excluding diaryl/α,β-unsaturated/α-hetero) is 1. The average Bonchev–Trinajstić information content (AvgIpc) is 2.86. The number of carbonyl (C=O) groups excluding carboxylic acids is 1. The van der Waals surface area contributed by atoms with E-state index in [4.69, 9.17) is 4.74 Å². The topological polar surface area (TPSA) is 34.5 Å². The van der Waals surface area contributed by atoms with Gasteiger partial charge < -0.3 is 9.30 Å². The molecule has 4 heteroatoms. The molecule has 0 radical (unpaired) electrons. The van der Waals surface area contributed by atoms with E-state index in [1.807, 2.05) is 37.0 Å². The number of hydrogen-bond donors (Lipinski definition) is 0. The normalized spacial score (nSPS) is 24.5. The fourth-order valence-corrected chi connectivity index (χ4v) is 2.47. The second-order valence-electron chi connectivity index (χ2n) is 4.77. The molecule has 2 atom stereocenters. The molecule has 1 aliphatic rings. The van der Waals surface area contributed by atoms with Gasteiger partial charge in [-0.15, -0.1) is 0 Å². The molecule has 2 unspecified atom stereocenters. The van der Waals surface area contributed by atoms with Crippen LogP contribution in [0.1, 0.15) is 23.8 Å². The van der Waals surface area contributed by atoms with Crippen LogP contribution in [0.5, 0.6) is 0 Å². The van der Waals surface area contributed by atoms with Crippen LogP contribution in [-0.4, -0.2) is 47.6 Å². The standard InChI is InChI=1S/C13H20N2O2/c1-10-11(6-8-17-10)15(3)9-13(16)12-5-4-7-14(12)2/h4-5,7,10-11H,6,8-9H2,1-3H3. The van der Waals surface area contributed by atoms with E-state index in [1.54, 1.807) is 0 Å². The van der Waals surface area contributed by atoms with E-state index >= 15 is 0 Å². The SMILES string of the molecule is CC1OCCC1N(C)CC(=O)c1cccn1C. The van der Waals surface area contributed by atoms with Crippen LogP contribution < -0.4 is 0 Å². The first kappa shape index (κ1) is 12.3. The molecule has 1 saturated heterocycles. The second kappa shape index (κ2) is 5.02. The van der Waals surface area contributed by atoms with Gasteiger partial charge in [-0.1, -0.05) is 0 Å². The van der Waals surface area contributed by atoms with Crippen LogP contribution in [0, 0.1) is 0 Å². The minimum Gasteiger partial charge on any atom is -0.377 e. The monoisotopic (exact) mass is 236 g/mol. The van der Waals surface area contributed by atoms with Crippen molar-refractivity contribution in [3.8, 4) is 0 Å². The van der Waals surface area contributed by atoms with Gasteiger partial charge in [0.1, 0.15) is 0 Å². The Bertz CT molecular complexity index is 400. The molecule has 2 rings (SSSR count). The van der Waals surface area contributed by atoms with Crippen LogP contribution in [0.2, 0.25) is 0 Å². The molecule has 0 N–H and O–H groups in total. The van der Waals surface area contributed by atoms with Gasteiger partial charge in [0, 0.05) is 25.9 Å². The van der Waals surface area contributed by atoms with Crippen molar-refractivity contribution < 1.29 is 9.53 Å². The smallest absolute Gasteiger partial charge is 0.193 e. The summed E-state index contributed by atoms with van der Waals surface area (Å²) < 4.78 is 7.39. The van der Waals surface area contributed by atoms with Crippen molar-refractivity contribution >= 4 is 5.78 Å². The first-order valence-electron chi connectivity index (χ1n) is 6.06. The van der Waals surface area contributed by atoms with Gasteiger partial charge in [-0.2, -0.15) is 0 Å². The van der Waals surface area contributed by atoms with Crippen LogP contribution >= 0.6 is 0 Å². The summed E-state index contributed by atoms with van der Waals surface area (Å²) in [7, 11) is 3.89. The molecule has 0 aliphatic carbocycles. The maximum Gasteiger partial charge on any atom is 0.193 e. The van der Waals surface area contributed by atoms with E-state index in [-0.39, 0.29) is 11.9 Å². The van der Waals surface area contributed by atoms with Crippen LogP contribution in [0.25, 0.3) is 0 Å². The van der Waals surface area contributed by atoms with Crippen LogP contribution in [0.3, 0.4) is 0 Å². The summed E-state index contributed by atoms with van der Waals surface area (Å²) in [4.78, 5) is 14.2. The van der Waals surface area contributed by atoms with E-state index in [2.05, 4.69) is 11.8 Å². The number of ketones is 1. The highest BCUT2D eigenvalue weighted by atomic mass is 16.5. The summed E-state index contributed by atoms with van der Waals surface area (Å²) in [6, 6.07) is 4.12. The molecule has 0 spiro atoms. The van der Waals surface area contributed by atoms with E-state index in [1.165, 1.54) is 0 Å². The number of ether oxygens (including phenoxy) is 1. The van der Waals surface area contributed by atoms with E-state index in [0.29, 0.717) is 12.6 Å². The van der Waals surface area contributed by atoms with Gasteiger partial charge in [0.2, 0.25) is 0 Å². The average molecular weight is 236 g/mol. The molecule has 94 valence electrons. The molecule has 17 heavy (non-hydrogen) atoms. The minimum atomic E-state index is 0.166. The molecule has 1 aliphatic heterocycles. The Morgan fingerprint density at radius 1 is 1.65 bits per heavy atom. The van der Waals surface area contributed by atoms with Crippen molar-refractivity contribution in [1.82, 2.24) is 9.47 Å². The summed E-state index contributed by atoms with van der Waals surface area (Å²) >= 11 is 0. The van der Waals surface area contributed by atoms with Crippen molar-refractivity contribution in [3.05, 3.63) is 24.0 Å². The van der Waals surface area contributed by atoms with Crippen molar-refractivity contribution in [2.24, 2.45) is 7.05 Å². The molecule has 0 saturated carbocycles. The Balaban J connectivity index is 1.97. The first-order valence-corrected chi connectivity index (χ1v) is 6.06. The van der Waals surface area contributed by atoms with Gasteiger partial charge >= 0.3 is 0 Å². The van der Waals surface area contributed by atoms with E-state index in [0.717, 1.165) is 18.7 Å². The fraction of sp³-hybridized carbons (Fsp3) is 0.615. The summed E-state index contributed by atoms with van der Waals surface area (Å²) in [6.45, 7) is 3.33. The Labute approximate surface area is 102 Å². The third-order valence-corrected chi connectivity index (χ3v) is 3.52. The molecule has 2 heterocycles. The fourth-order valence-electron chi connectivity index (χ4n) is 2.47. The lowest BCUT2D eigenvalue weighted by molar-refractivity contribution is 0.0741. The predicted octanol–water partition coefficient (Wildman–Crippen LogP) is 1.32. The van der Waals surface area contributed by atoms with Crippen LogP contribution in [0.15, 0.2) is 18.3 Å². The highest BCUT2D eigenvalue weighted by molar-refractivity contribution is 5.96. The molecular formula is C13H20N2O2. The third kappa shape index (κ3) is 2.58. The van der Waals surface area contributed by atoms with Gasteiger partial charge in [-0.25, -0.2) is 0 Å². The minimum absolute atomic E-state index is 0.166. The number of carbonyl (C=O) groups is 1. The number of hydrogen-bond acceptors (Lipinski definition) is 3. The zero-order valence-corrected chi connectivity index (χ0v) is 10.7.